The minimum Gasteiger partial charge on any atom is -0.456 e. The summed E-state index contributed by atoms with van der Waals surface area (Å²) in [7, 11) is 0. The molecule has 0 amide bonds. The molecule has 0 spiro atoms. The van der Waals surface area contributed by atoms with Crippen LogP contribution in [0.25, 0.3) is 88.5 Å². The lowest BCUT2D eigenvalue weighted by atomic mass is 9.95. The maximum Gasteiger partial charge on any atom is 0.159 e. The predicted molar refractivity (Wildman–Crippen MR) is 263 cm³/mol. The van der Waals surface area contributed by atoms with Crippen molar-refractivity contribution in [1.82, 2.24) is 15.3 Å². The zero-order valence-corrected chi connectivity index (χ0v) is 34.9. The summed E-state index contributed by atoms with van der Waals surface area (Å²) in [5.74, 6) is 1.47. The highest BCUT2D eigenvalue weighted by Crippen LogP contribution is 2.36. The number of para-hydroxylation sites is 2. The molecule has 0 radical (unpaired) electrons. The standard InChI is InChI=1S/C58H39N5O/c1-58(46-32-30-40(31-33-46)37-12-4-2-5-13-37)62-56(42-14-6-3-7-15-42)61-57(63-58)43-28-26-39(27-29-43)38-22-24-41(25-23-38)44-16-10-17-45(34-44)47-19-11-20-50-55(47)60-51-35-49-48-18-8-9-21-53(48)64-54(49)36-52(51)59-50/h2-36H,1H3,(H,61,62,63). The Morgan fingerprint density at radius 3 is 1.70 bits per heavy atom. The summed E-state index contributed by atoms with van der Waals surface area (Å²) >= 11 is 0. The number of rotatable bonds is 7. The van der Waals surface area contributed by atoms with E-state index < -0.39 is 5.66 Å². The number of aliphatic imine (C=N–C) groups is 2. The Morgan fingerprint density at radius 2 is 0.969 bits per heavy atom. The summed E-state index contributed by atoms with van der Waals surface area (Å²) in [5.41, 5.74) is 16.3. The molecule has 1 atom stereocenters. The van der Waals surface area contributed by atoms with E-state index in [9.17, 15) is 0 Å². The molecule has 2 aromatic heterocycles. The third-order valence-corrected chi connectivity index (χ3v) is 12.3. The zero-order valence-electron chi connectivity index (χ0n) is 34.9. The number of nitrogens with one attached hydrogen (secondary N) is 1. The molecule has 6 heteroatoms. The molecule has 0 fully saturated rings. The van der Waals surface area contributed by atoms with Crippen LogP contribution in [0.5, 0.6) is 0 Å². The second-order valence-electron chi connectivity index (χ2n) is 16.5. The topological polar surface area (TPSA) is 75.7 Å². The van der Waals surface area contributed by atoms with E-state index in [1.54, 1.807) is 0 Å². The monoisotopic (exact) mass is 821 g/mol. The minimum absolute atomic E-state index is 0.684. The average Bonchev–Trinajstić information content (AvgIpc) is 3.72. The second-order valence-corrected chi connectivity index (χ2v) is 16.5. The maximum atomic E-state index is 6.15. The van der Waals surface area contributed by atoms with Gasteiger partial charge in [-0.05, 0) is 75.7 Å². The van der Waals surface area contributed by atoms with Crippen molar-refractivity contribution in [2.24, 2.45) is 9.98 Å². The summed E-state index contributed by atoms with van der Waals surface area (Å²) in [6.07, 6.45) is 0. The number of fused-ring (bicyclic) bond motifs is 5. The van der Waals surface area contributed by atoms with Crippen molar-refractivity contribution in [2.45, 2.75) is 12.6 Å². The molecule has 0 saturated heterocycles. The fourth-order valence-electron chi connectivity index (χ4n) is 8.93. The largest absolute Gasteiger partial charge is 0.456 e. The summed E-state index contributed by atoms with van der Waals surface area (Å²) < 4.78 is 6.15. The molecule has 3 heterocycles. The first-order valence-corrected chi connectivity index (χ1v) is 21.5. The highest BCUT2D eigenvalue weighted by atomic mass is 16.3. The molecule has 1 aliphatic rings. The number of benzene rings is 9. The molecule has 9 aromatic carbocycles. The van der Waals surface area contributed by atoms with Gasteiger partial charge >= 0.3 is 0 Å². The van der Waals surface area contributed by atoms with Crippen molar-refractivity contribution in [2.75, 3.05) is 0 Å². The van der Waals surface area contributed by atoms with Crippen LogP contribution in [0.3, 0.4) is 0 Å². The van der Waals surface area contributed by atoms with Crippen LogP contribution < -0.4 is 5.32 Å². The third kappa shape index (κ3) is 6.69. The molecule has 0 bridgehead atoms. The van der Waals surface area contributed by atoms with E-state index in [4.69, 9.17) is 24.4 Å². The molecule has 1 aliphatic heterocycles. The Kier molecular flexibility index (Phi) is 8.83. The number of hydrogen-bond donors (Lipinski definition) is 1. The van der Waals surface area contributed by atoms with Gasteiger partial charge in [-0.1, -0.05) is 182 Å². The Morgan fingerprint density at radius 1 is 0.406 bits per heavy atom. The molecule has 11 aromatic rings. The van der Waals surface area contributed by atoms with Crippen molar-refractivity contribution in [3.8, 4) is 44.5 Å². The fourth-order valence-corrected chi connectivity index (χ4v) is 8.93. The lowest BCUT2D eigenvalue weighted by Gasteiger charge is -2.33. The van der Waals surface area contributed by atoms with Crippen LogP contribution in [0.15, 0.2) is 227 Å². The van der Waals surface area contributed by atoms with Gasteiger partial charge in [0.25, 0.3) is 0 Å². The average molecular weight is 822 g/mol. The van der Waals surface area contributed by atoms with Gasteiger partial charge in [0.2, 0.25) is 0 Å². The van der Waals surface area contributed by atoms with Gasteiger partial charge in [-0.2, -0.15) is 0 Å². The lowest BCUT2D eigenvalue weighted by Crippen LogP contribution is -2.46. The number of hydrogen-bond acceptors (Lipinski definition) is 6. The predicted octanol–water partition coefficient (Wildman–Crippen LogP) is 14.0. The maximum absolute atomic E-state index is 6.15. The van der Waals surface area contributed by atoms with Gasteiger partial charge in [-0.25, -0.2) is 20.0 Å². The van der Waals surface area contributed by atoms with Crippen molar-refractivity contribution in [3.05, 3.63) is 229 Å². The Hall–Kier alpha value is -8.48. The van der Waals surface area contributed by atoms with Crippen molar-refractivity contribution < 1.29 is 4.42 Å². The van der Waals surface area contributed by atoms with Crippen molar-refractivity contribution >= 4 is 55.7 Å². The molecule has 302 valence electrons. The Bertz CT molecular complexity index is 3620. The second kappa shape index (κ2) is 15.2. The van der Waals surface area contributed by atoms with E-state index in [0.29, 0.717) is 5.84 Å². The van der Waals surface area contributed by atoms with Crippen LogP contribution in [0.1, 0.15) is 23.6 Å². The molecule has 0 saturated carbocycles. The lowest BCUT2D eigenvalue weighted by molar-refractivity contribution is 0.455. The van der Waals surface area contributed by atoms with Crippen molar-refractivity contribution in [1.29, 1.82) is 0 Å². The molecule has 1 N–H and O–H groups in total. The molecule has 64 heavy (non-hydrogen) atoms. The summed E-state index contributed by atoms with van der Waals surface area (Å²) in [5, 5.41) is 5.79. The van der Waals surface area contributed by atoms with Gasteiger partial charge in [0.1, 0.15) is 17.0 Å². The Balaban J connectivity index is 0.829. The number of nitrogens with zero attached hydrogens (tertiary/aromatic N) is 4. The number of aromatic nitrogens is 2. The SMILES string of the molecule is CC1(c2ccc(-c3ccccc3)cc2)N=C(c2ccc(-c3ccc(-c4cccc(-c5cccc6nc7cc8oc9ccccc9c8cc7nc56)c4)cc3)cc2)N=C(c2ccccc2)N1. The van der Waals surface area contributed by atoms with Gasteiger partial charge in [0.05, 0.1) is 22.1 Å². The van der Waals surface area contributed by atoms with Gasteiger partial charge in [-0.15, -0.1) is 0 Å². The van der Waals surface area contributed by atoms with E-state index >= 15 is 0 Å². The van der Waals surface area contributed by atoms with E-state index in [0.717, 1.165) is 99.9 Å². The van der Waals surface area contributed by atoms with E-state index in [2.05, 4.69) is 170 Å². The van der Waals surface area contributed by atoms with E-state index in [-0.39, 0.29) is 0 Å². The first-order valence-electron chi connectivity index (χ1n) is 21.5. The highest BCUT2D eigenvalue weighted by molar-refractivity contribution is 6.13. The van der Waals surface area contributed by atoms with Gasteiger partial charge in [0, 0.05) is 33.5 Å². The van der Waals surface area contributed by atoms with E-state index in [1.165, 1.54) is 11.1 Å². The summed E-state index contributed by atoms with van der Waals surface area (Å²) in [6, 6.07) is 73.8. The van der Waals surface area contributed by atoms with Crippen LogP contribution in [-0.2, 0) is 5.66 Å². The molecule has 1 unspecified atom stereocenters. The fraction of sp³-hybridized carbons (Fsp3) is 0.0345. The van der Waals surface area contributed by atoms with Crippen molar-refractivity contribution in [3.63, 3.8) is 0 Å². The van der Waals surface area contributed by atoms with Crippen LogP contribution in [0.4, 0.5) is 0 Å². The highest BCUT2D eigenvalue weighted by Gasteiger charge is 2.32. The van der Waals surface area contributed by atoms with E-state index in [1.807, 2.05) is 54.6 Å². The van der Waals surface area contributed by atoms with Crippen LogP contribution in [-0.4, -0.2) is 21.6 Å². The van der Waals surface area contributed by atoms with Gasteiger partial charge in [-0.3, -0.25) is 0 Å². The molecular formula is C58H39N5O. The number of amidine groups is 2. The summed E-state index contributed by atoms with van der Waals surface area (Å²) in [4.78, 5) is 20.6. The van der Waals surface area contributed by atoms with Crippen LogP contribution in [0.2, 0.25) is 0 Å². The summed E-state index contributed by atoms with van der Waals surface area (Å²) in [6.45, 7) is 2.12. The normalized spacial score (nSPS) is 15.0. The molecule has 0 aliphatic carbocycles. The number of furan rings is 1. The first-order chi connectivity index (χ1) is 31.5. The van der Waals surface area contributed by atoms with Gasteiger partial charge in [0.15, 0.2) is 11.5 Å². The minimum atomic E-state index is -0.734. The van der Waals surface area contributed by atoms with Gasteiger partial charge < -0.3 is 9.73 Å². The first kappa shape index (κ1) is 37.3. The molecule has 6 nitrogen and oxygen atoms in total. The molecule has 12 rings (SSSR count). The smallest absolute Gasteiger partial charge is 0.159 e. The molecular weight excluding hydrogens is 783 g/mol. The quantitative estimate of drug-likeness (QED) is 0.163. The Labute approximate surface area is 370 Å². The van der Waals surface area contributed by atoms with Crippen LogP contribution >= 0.6 is 0 Å². The van der Waals surface area contributed by atoms with Crippen LogP contribution in [0, 0.1) is 0 Å². The third-order valence-electron chi connectivity index (χ3n) is 12.3. The zero-order chi connectivity index (χ0) is 42.6.